The first kappa shape index (κ1) is 32.5. The summed E-state index contributed by atoms with van der Waals surface area (Å²) in [6.07, 6.45) is 2.74. The van der Waals surface area contributed by atoms with E-state index in [1.54, 1.807) is 0 Å². The molecule has 0 saturated carbocycles. The molecule has 242 valence electrons. The number of aryl methyl sites for hydroxylation is 1. The van der Waals surface area contributed by atoms with Gasteiger partial charge in [-0.1, -0.05) is 57.2 Å². The van der Waals surface area contributed by atoms with E-state index in [1.165, 1.54) is 21.4 Å². The van der Waals surface area contributed by atoms with Gasteiger partial charge in [-0.25, -0.2) is 4.79 Å². The molecular weight excluding hydrogens is 568 g/mol. The molecule has 0 atom stereocenters. The summed E-state index contributed by atoms with van der Waals surface area (Å²) in [6, 6.07) is 18.9. The molecule has 0 radical (unpaired) electrons. The van der Waals surface area contributed by atoms with Crippen LogP contribution < -0.4 is 14.5 Å². The molecule has 5 rings (SSSR count). The Kier molecular flexibility index (Phi) is 10.2. The molecule has 0 spiro atoms. The average Bonchev–Trinajstić information content (AvgIpc) is 2.99. The van der Waals surface area contributed by atoms with Gasteiger partial charge in [0.25, 0.3) is 0 Å². The summed E-state index contributed by atoms with van der Waals surface area (Å²) in [7, 11) is 0. The highest BCUT2D eigenvalue weighted by Crippen LogP contribution is 2.31. The van der Waals surface area contributed by atoms with Crippen LogP contribution in [0.3, 0.4) is 0 Å². The lowest BCUT2D eigenvalue weighted by Gasteiger charge is -2.36. The fraction of sp³-hybridized carbons (Fsp3) is 0.528. The predicted molar refractivity (Wildman–Crippen MR) is 178 cm³/mol. The van der Waals surface area contributed by atoms with Crippen LogP contribution in [0.5, 0.6) is 5.88 Å². The first-order chi connectivity index (χ1) is 21.5. The third kappa shape index (κ3) is 8.87. The first-order valence-corrected chi connectivity index (χ1v) is 16.2. The standard InChI is InChI=1S/C36H48N4O5/c1-35(2,3)25-36(4,5)45-34(42)44-26-40-32(41)18-16-28-15-17-31(37-33(28)40)43-24-9-8-19-38-20-22-39(23-21-38)30-14-10-12-27-11-6-7-13-29(27)30/h6-7,10-15,17H,8-9,16,18-26H2,1-5H3. The second-order valence-corrected chi connectivity index (χ2v) is 14.0. The quantitative estimate of drug-likeness (QED) is 0.171. The number of fused-ring (bicyclic) bond motifs is 2. The number of hydrogen-bond donors (Lipinski definition) is 0. The van der Waals surface area contributed by atoms with Crippen LogP contribution in [0.1, 0.15) is 65.9 Å². The zero-order chi connectivity index (χ0) is 32.0. The molecule has 2 aliphatic rings. The molecule has 3 heterocycles. The number of piperazine rings is 1. The molecular formula is C36H48N4O5. The van der Waals surface area contributed by atoms with Gasteiger partial charge >= 0.3 is 6.16 Å². The van der Waals surface area contributed by atoms with Gasteiger partial charge in [-0.15, -0.1) is 0 Å². The minimum Gasteiger partial charge on any atom is -0.478 e. The number of rotatable bonds is 11. The third-order valence-corrected chi connectivity index (χ3v) is 8.32. The minimum absolute atomic E-state index is 0.0139. The average molecular weight is 617 g/mol. The maximum Gasteiger partial charge on any atom is 0.510 e. The predicted octanol–water partition coefficient (Wildman–Crippen LogP) is 6.82. The van der Waals surface area contributed by atoms with Crippen LogP contribution in [0.25, 0.3) is 10.8 Å². The Bertz CT molecular complexity index is 1470. The largest absolute Gasteiger partial charge is 0.510 e. The fourth-order valence-electron chi connectivity index (χ4n) is 6.59. The van der Waals surface area contributed by atoms with Gasteiger partial charge in [0.2, 0.25) is 11.8 Å². The second-order valence-electron chi connectivity index (χ2n) is 14.0. The highest BCUT2D eigenvalue weighted by atomic mass is 16.7. The van der Waals surface area contributed by atoms with Crippen molar-refractivity contribution in [3.63, 3.8) is 0 Å². The van der Waals surface area contributed by atoms with Crippen LogP contribution in [0.4, 0.5) is 16.3 Å². The zero-order valence-electron chi connectivity index (χ0n) is 27.5. The molecule has 0 aliphatic carbocycles. The summed E-state index contributed by atoms with van der Waals surface area (Å²) in [5.41, 5.74) is 1.55. The molecule has 2 aliphatic heterocycles. The molecule has 1 aromatic heterocycles. The summed E-state index contributed by atoms with van der Waals surface area (Å²) < 4.78 is 16.9. The number of benzene rings is 2. The molecule has 0 unspecified atom stereocenters. The number of carbonyl (C=O) groups is 2. The van der Waals surface area contributed by atoms with Gasteiger partial charge in [-0.2, -0.15) is 4.98 Å². The fourth-order valence-corrected chi connectivity index (χ4v) is 6.59. The van der Waals surface area contributed by atoms with Crippen molar-refractivity contribution in [1.29, 1.82) is 0 Å². The van der Waals surface area contributed by atoms with Gasteiger partial charge in [-0.05, 0) is 74.6 Å². The van der Waals surface area contributed by atoms with Crippen molar-refractivity contribution in [2.45, 2.75) is 72.3 Å². The molecule has 9 heteroatoms. The summed E-state index contributed by atoms with van der Waals surface area (Å²) in [6.45, 7) is 15.5. The maximum atomic E-state index is 12.8. The van der Waals surface area contributed by atoms with Gasteiger partial charge in [0, 0.05) is 49.7 Å². The van der Waals surface area contributed by atoms with Gasteiger partial charge in [0.05, 0.1) is 6.61 Å². The molecule has 45 heavy (non-hydrogen) atoms. The molecule has 3 aromatic rings. The highest BCUT2D eigenvalue weighted by Gasteiger charge is 2.32. The molecule has 2 aromatic carbocycles. The summed E-state index contributed by atoms with van der Waals surface area (Å²) in [5, 5.41) is 2.61. The summed E-state index contributed by atoms with van der Waals surface area (Å²) >= 11 is 0. The lowest BCUT2D eigenvalue weighted by atomic mass is 9.84. The number of carbonyl (C=O) groups excluding carboxylic acids is 2. The molecule has 1 fully saturated rings. The lowest BCUT2D eigenvalue weighted by Crippen LogP contribution is -2.46. The lowest BCUT2D eigenvalue weighted by molar-refractivity contribution is -0.120. The molecule has 1 saturated heterocycles. The number of hydrogen-bond acceptors (Lipinski definition) is 8. The van der Waals surface area contributed by atoms with Crippen molar-refractivity contribution >= 4 is 34.3 Å². The van der Waals surface area contributed by atoms with Crippen LogP contribution in [0.15, 0.2) is 54.6 Å². The SMILES string of the molecule is CC(C)(C)CC(C)(C)OC(=O)OCN1C(=O)CCc2ccc(OCCCCN3CCN(c4cccc5ccccc45)CC3)nc21. The third-order valence-electron chi connectivity index (χ3n) is 8.32. The number of pyridine rings is 1. The van der Waals surface area contributed by atoms with E-state index >= 15 is 0 Å². The Morgan fingerprint density at radius 2 is 1.64 bits per heavy atom. The van der Waals surface area contributed by atoms with E-state index in [9.17, 15) is 9.59 Å². The zero-order valence-corrected chi connectivity index (χ0v) is 27.5. The Morgan fingerprint density at radius 3 is 2.42 bits per heavy atom. The van der Waals surface area contributed by atoms with E-state index in [0.717, 1.165) is 51.1 Å². The van der Waals surface area contributed by atoms with E-state index in [1.807, 2.05) is 26.0 Å². The van der Waals surface area contributed by atoms with Crippen molar-refractivity contribution < 1.29 is 23.8 Å². The Labute approximate surface area is 267 Å². The van der Waals surface area contributed by atoms with Gasteiger partial charge in [0.1, 0.15) is 11.4 Å². The smallest absolute Gasteiger partial charge is 0.478 e. The topological polar surface area (TPSA) is 84.4 Å². The normalized spacial score (nSPS) is 16.1. The maximum absolute atomic E-state index is 12.8. The number of anilines is 2. The monoisotopic (exact) mass is 616 g/mol. The molecule has 0 bridgehead atoms. The number of nitrogens with zero attached hydrogens (tertiary/aromatic N) is 4. The molecule has 9 nitrogen and oxygen atoms in total. The van der Waals surface area contributed by atoms with E-state index in [0.29, 0.717) is 37.6 Å². The Hall–Kier alpha value is -3.85. The van der Waals surface area contributed by atoms with Crippen molar-refractivity contribution in [1.82, 2.24) is 9.88 Å². The van der Waals surface area contributed by atoms with Gasteiger partial charge in [0.15, 0.2) is 6.73 Å². The van der Waals surface area contributed by atoms with Crippen molar-refractivity contribution in [3.8, 4) is 5.88 Å². The van der Waals surface area contributed by atoms with E-state index < -0.39 is 11.8 Å². The molecule has 1 amide bonds. The second kappa shape index (κ2) is 14.1. The number of aromatic nitrogens is 1. The van der Waals surface area contributed by atoms with Crippen LogP contribution >= 0.6 is 0 Å². The van der Waals surface area contributed by atoms with Crippen molar-refractivity contribution in [3.05, 3.63) is 60.2 Å². The number of ether oxygens (including phenoxy) is 3. The van der Waals surface area contributed by atoms with Gasteiger partial charge < -0.3 is 19.1 Å². The summed E-state index contributed by atoms with van der Waals surface area (Å²) in [4.78, 5) is 36.3. The van der Waals surface area contributed by atoms with E-state index in [-0.39, 0.29) is 18.1 Å². The Balaban J connectivity index is 1.06. The van der Waals surface area contributed by atoms with Crippen molar-refractivity contribution in [2.24, 2.45) is 5.41 Å². The van der Waals surface area contributed by atoms with Crippen molar-refractivity contribution in [2.75, 3.05) is 55.9 Å². The Morgan fingerprint density at radius 1 is 0.889 bits per heavy atom. The molecule has 0 N–H and O–H groups in total. The van der Waals surface area contributed by atoms with Crippen LogP contribution in [-0.4, -0.2) is 73.6 Å². The van der Waals surface area contributed by atoms with Crippen LogP contribution in [0, 0.1) is 5.41 Å². The van der Waals surface area contributed by atoms with Crippen LogP contribution in [-0.2, 0) is 20.7 Å². The summed E-state index contributed by atoms with van der Waals surface area (Å²) in [5.74, 6) is 0.801. The minimum atomic E-state index is -0.799. The number of amides is 1. The van der Waals surface area contributed by atoms with E-state index in [4.69, 9.17) is 14.2 Å². The van der Waals surface area contributed by atoms with E-state index in [2.05, 4.69) is 78.0 Å². The number of unbranched alkanes of at least 4 members (excludes halogenated alkanes) is 1. The van der Waals surface area contributed by atoms with Gasteiger partial charge in [-0.3, -0.25) is 14.6 Å². The highest BCUT2D eigenvalue weighted by molar-refractivity contribution is 5.95. The first-order valence-electron chi connectivity index (χ1n) is 16.2. The van der Waals surface area contributed by atoms with Crippen LogP contribution in [0.2, 0.25) is 0 Å².